The normalized spacial score (nSPS) is 11.9. The molecule has 0 spiro atoms. The van der Waals surface area contributed by atoms with Crippen molar-refractivity contribution >= 4 is 10.1 Å². The molecule has 132 valence electrons. The van der Waals surface area contributed by atoms with Crippen LogP contribution in [0.1, 0.15) is 81.5 Å². The molecule has 4 heteroatoms. The lowest BCUT2D eigenvalue weighted by Gasteiger charge is -2.20. The fraction of sp³-hybridized carbons (Fsp3) is 0.684. The Kier molecular flexibility index (Phi) is 8.27. The zero-order chi connectivity index (χ0) is 17.5. The van der Waals surface area contributed by atoms with E-state index >= 15 is 0 Å². The van der Waals surface area contributed by atoms with Gasteiger partial charge in [0.05, 0.1) is 0 Å². The highest BCUT2D eigenvalue weighted by molar-refractivity contribution is 7.86. The van der Waals surface area contributed by atoms with Crippen molar-refractivity contribution in [1.29, 1.82) is 0 Å². The van der Waals surface area contributed by atoms with Crippen LogP contribution in [0.3, 0.4) is 0 Å². The van der Waals surface area contributed by atoms with E-state index in [9.17, 15) is 13.0 Å². The Morgan fingerprint density at radius 1 is 0.870 bits per heavy atom. The summed E-state index contributed by atoms with van der Waals surface area (Å²) in [6.07, 6.45) is 8.33. The topological polar surface area (TPSA) is 54.4 Å². The van der Waals surface area contributed by atoms with Crippen molar-refractivity contribution in [2.24, 2.45) is 0 Å². The molecule has 0 atom stereocenters. The van der Waals surface area contributed by atoms with Crippen molar-refractivity contribution in [3.05, 3.63) is 28.3 Å². The molecule has 0 aliphatic rings. The van der Waals surface area contributed by atoms with Crippen LogP contribution >= 0.6 is 0 Å². The minimum Gasteiger partial charge on any atom is -0.282 e. The molecule has 23 heavy (non-hydrogen) atoms. The maximum absolute atomic E-state index is 12.1. The Bertz CT molecular complexity index is 604. The zero-order valence-corrected chi connectivity index (χ0v) is 15.9. The molecule has 1 rings (SSSR count). The standard InChI is InChI=1S/C19H32O3S/c1-5-8-11-16-14-15(4)17(12-9-6-2)18(13-10-7-3)19(16)23(20,21)22/h14H,5-13H2,1-4H3,(H,20,21,22). The Hall–Kier alpha value is -0.870. The fourth-order valence-electron chi connectivity index (χ4n) is 3.18. The quantitative estimate of drug-likeness (QED) is 0.590. The van der Waals surface area contributed by atoms with Gasteiger partial charge in [-0.2, -0.15) is 8.42 Å². The van der Waals surface area contributed by atoms with Crippen LogP contribution in [0, 0.1) is 6.92 Å². The van der Waals surface area contributed by atoms with Gasteiger partial charge in [-0.25, -0.2) is 0 Å². The predicted molar refractivity (Wildman–Crippen MR) is 96.8 cm³/mol. The molecule has 0 amide bonds. The molecule has 0 fully saturated rings. The van der Waals surface area contributed by atoms with Gasteiger partial charge in [0.1, 0.15) is 4.90 Å². The van der Waals surface area contributed by atoms with E-state index in [1.807, 2.05) is 6.07 Å². The summed E-state index contributed by atoms with van der Waals surface area (Å²) in [4.78, 5) is 0.205. The molecule has 0 aliphatic carbocycles. The second-order valence-electron chi connectivity index (χ2n) is 6.42. The summed E-state index contributed by atoms with van der Waals surface area (Å²) in [7, 11) is -4.19. The number of unbranched alkanes of at least 4 members (excludes halogenated alkanes) is 3. The molecule has 0 saturated heterocycles. The van der Waals surface area contributed by atoms with Gasteiger partial charge in [-0.05, 0) is 67.7 Å². The van der Waals surface area contributed by atoms with Crippen molar-refractivity contribution in [2.45, 2.75) is 90.4 Å². The average Bonchev–Trinajstić information content (AvgIpc) is 2.48. The highest BCUT2D eigenvalue weighted by Gasteiger charge is 2.24. The molecule has 0 bridgehead atoms. The summed E-state index contributed by atoms with van der Waals surface area (Å²) >= 11 is 0. The highest BCUT2D eigenvalue weighted by Crippen LogP contribution is 2.31. The van der Waals surface area contributed by atoms with Crippen LogP contribution in [0.4, 0.5) is 0 Å². The Morgan fingerprint density at radius 2 is 1.35 bits per heavy atom. The minimum absolute atomic E-state index is 0.205. The van der Waals surface area contributed by atoms with Crippen LogP contribution in [0.5, 0.6) is 0 Å². The molecule has 3 nitrogen and oxygen atoms in total. The monoisotopic (exact) mass is 340 g/mol. The van der Waals surface area contributed by atoms with Gasteiger partial charge in [-0.3, -0.25) is 4.55 Å². The van der Waals surface area contributed by atoms with E-state index in [4.69, 9.17) is 0 Å². The van der Waals surface area contributed by atoms with Crippen molar-refractivity contribution in [1.82, 2.24) is 0 Å². The SMILES string of the molecule is CCCCc1cc(C)c(CCCC)c(CCCC)c1S(=O)(=O)O. The minimum atomic E-state index is -4.19. The van der Waals surface area contributed by atoms with E-state index < -0.39 is 10.1 Å². The summed E-state index contributed by atoms with van der Waals surface area (Å²) in [5.41, 5.74) is 3.96. The smallest absolute Gasteiger partial charge is 0.282 e. The molecule has 0 aliphatic heterocycles. The van der Waals surface area contributed by atoms with E-state index in [0.717, 1.165) is 68.1 Å². The number of rotatable bonds is 10. The lowest BCUT2D eigenvalue weighted by molar-refractivity contribution is 0.480. The van der Waals surface area contributed by atoms with Crippen molar-refractivity contribution in [3.63, 3.8) is 0 Å². The maximum atomic E-state index is 12.1. The summed E-state index contributed by atoms with van der Waals surface area (Å²) in [6, 6.07) is 1.99. The highest BCUT2D eigenvalue weighted by atomic mass is 32.2. The van der Waals surface area contributed by atoms with Gasteiger partial charge in [-0.1, -0.05) is 46.1 Å². The molecular weight excluding hydrogens is 308 g/mol. The van der Waals surface area contributed by atoms with Gasteiger partial charge < -0.3 is 0 Å². The molecular formula is C19H32O3S. The molecule has 0 aromatic heterocycles. The third kappa shape index (κ3) is 5.61. The Labute approximate surface area is 142 Å². The maximum Gasteiger partial charge on any atom is 0.295 e. The van der Waals surface area contributed by atoms with E-state index in [1.54, 1.807) is 0 Å². The van der Waals surface area contributed by atoms with Crippen LogP contribution < -0.4 is 0 Å². The van der Waals surface area contributed by atoms with Crippen LogP contribution in [-0.2, 0) is 29.4 Å². The van der Waals surface area contributed by atoms with Gasteiger partial charge in [0.2, 0.25) is 0 Å². The second-order valence-corrected chi connectivity index (χ2v) is 7.78. The van der Waals surface area contributed by atoms with E-state index in [1.165, 1.54) is 5.56 Å². The first-order chi connectivity index (χ1) is 10.9. The third-order valence-electron chi connectivity index (χ3n) is 4.42. The second kappa shape index (κ2) is 9.43. The lowest BCUT2D eigenvalue weighted by Crippen LogP contribution is -2.12. The lowest BCUT2D eigenvalue weighted by atomic mass is 9.90. The summed E-state index contributed by atoms with van der Waals surface area (Å²) in [6.45, 7) is 8.41. The fourth-order valence-corrected chi connectivity index (χ4v) is 4.21. The van der Waals surface area contributed by atoms with Crippen LogP contribution in [0.25, 0.3) is 0 Å². The van der Waals surface area contributed by atoms with Crippen LogP contribution in [0.2, 0.25) is 0 Å². The zero-order valence-electron chi connectivity index (χ0n) is 15.1. The van der Waals surface area contributed by atoms with Gasteiger partial charge >= 0.3 is 0 Å². The van der Waals surface area contributed by atoms with Crippen LogP contribution in [0.15, 0.2) is 11.0 Å². The first-order valence-electron chi connectivity index (χ1n) is 8.98. The summed E-state index contributed by atoms with van der Waals surface area (Å²) in [5.74, 6) is 0. The average molecular weight is 341 g/mol. The number of benzene rings is 1. The third-order valence-corrected chi connectivity index (χ3v) is 5.44. The van der Waals surface area contributed by atoms with Crippen molar-refractivity contribution in [3.8, 4) is 0 Å². The van der Waals surface area contributed by atoms with Gasteiger partial charge in [-0.15, -0.1) is 0 Å². The van der Waals surface area contributed by atoms with Gasteiger partial charge in [0, 0.05) is 0 Å². The van der Waals surface area contributed by atoms with Crippen LogP contribution in [-0.4, -0.2) is 13.0 Å². The molecule has 1 aromatic carbocycles. The number of aryl methyl sites for hydroxylation is 2. The Morgan fingerprint density at radius 3 is 1.83 bits per heavy atom. The summed E-state index contributed by atoms with van der Waals surface area (Å²) < 4.78 is 34.0. The van der Waals surface area contributed by atoms with E-state index in [2.05, 4.69) is 27.7 Å². The van der Waals surface area contributed by atoms with Gasteiger partial charge in [0.15, 0.2) is 0 Å². The molecule has 0 saturated carbocycles. The molecule has 1 N–H and O–H groups in total. The molecule has 1 aromatic rings. The first kappa shape index (κ1) is 20.2. The number of hydrogen-bond donors (Lipinski definition) is 1. The number of hydrogen-bond acceptors (Lipinski definition) is 2. The largest absolute Gasteiger partial charge is 0.295 e. The Balaban J connectivity index is 3.53. The van der Waals surface area contributed by atoms with Crippen molar-refractivity contribution in [2.75, 3.05) is 0 Å². The predicted octanol–water partition coefficient (Wildman–Crippen LogP) is 5.27. The summed E-state index contributed by atoms with van der Waals surface area (Å²) in [5, 5.41) is 0. The molecule has 0 unspecified atom stereocenters. The van der Waals surface area contributed by atoms with E-state index in [-0.39, 0.29) is 4.90 Å². The molecule has 0 heterocycles. The molecule has 0 radical (unpaired) electrons. The van der Waals surface area contributed by atoms with Gasteiger partial charge in [0.25, 0.3) is 10.1 Å². The van der Waals surface area contributed by atoms with E-state index in [0.29, 0.717) is 6.42 Å². The van der Waals surface area contributed by atoms with Crippen molar-refractivity contribution < 1.29 is 13.0 Å². The first-order valence-corrected chi connectivity index (χ1v) is 10.4.